The van der Waals surface area contributed by atoms with Gasteiger partial charge in [-0.2, -0.15) is 0 Å². The van der Waals surface area contributed by atoms with E-state index in [4.69, 9.17) is 33.2 Å². The maximum absolute atomic E-state index is 14.3. The van der Waals surface area contributed by atoms with Gasteiger partial charge in [0.2, 0.25) is 5.91 Å². The molecule has 1 saturated heterocycles. The first-order valence-corrected chi connectivity index (χ1v) is 21.7. The lowest BCUT2D eigenvalue weighted by Gasteiger charge is -2.46. The second-order valence-corrected chi connectivity index (χ2v) is 15.5. The van der Waals surface area contributed by atoms with Crippen molar-refractivity contribution in [3.63, 3.8) is 0 Å². The fourth-order valence-corrected chi connectivity index (χ4v) is 7.22. The summed E-state index contributed by atoms with van der Waals surface area (Å²) >= 11 is 0. The van der Waals surface area contributed by atoms with Crippen molar-refractivity contribution in [3.05, 3.63) is 215 Å². The van der Waals surface area contributed by atoms with Crippen LogP contribution in [0.4, 0.5) is 4.79 Å². The minimum Gasteiger partial charge on any atom is -0.459 e. The maximum atomic E-state index is 14.3. The van der Waals surface area contributed by atoms with E-state index >= 15 is 0 Å². The van der Waals surface area contributed by atoms with Gasteiger partial charge in [-0.1, -0.05) is 170 Å². The van der Waals surface area contributed by atoms with E-state index in [9.17, 15) is 19.2 Å². The molecule has 0 spiro atoms. The number of rotatable bonds is 21. The second-order valence-electron chi connectivity index (χ2n) is 15.5. The van der Waals surface area contributed by atoms with Crippen molar-refractivity contribution in [1.29, 1.82) is 0 Å². The second kappa shape index (κ2) is 24.9. The Morgan fingerprint density at radius 1 is 0.500 bits per heavy atom. The molecule has 1 aliphatic rings. The number of hydrogen-bond acceptors (Lipinski definition) is 11. The van der Waals surface area contributed by atoms with Crippen LogP contribution in [0.3, 0.4) is 0 Å². The summed E-state index contributed by atoms with van der Waals surface area (Å²) in [6.07, 6.45) is -6.52. The summed E-state index contributed by atoms with van der Waals surface area (Å²) < 4.78 is 43.8. The van der Waals surface area contributed by atoms with Crippen molar-refractivity contribution >= 4 is 23.9 Å². The molecule has 0 unspecified atom stereocenters. The van der Waals surface area contributed by atoms with Crippen LogP contribution in [0.1, 0.15) is 44.6 Å². The van der Waals surface area contributed by atoms with Crippen LogP contribution in [0.5, 0.6) is 0 Å². The molecule has 0 aromatic heterocycles. The van der Waals surface area contributed by atoms with Crippen LogP contribution in [0.2, 0.25) is 0 Å². The number of esters is 2. The molecule has 1 fully saturated rings. The number of carbonyl (C=O) groups excluding carboxylic acids is 4. The minimum atomic E-state index is -1.59. The molecule has 2 N–H and O–H groups in total. The summed E-state index contributed by atoms with van der Waals surface area (Å²) in [6.45, 7) is 0.656. The van der Waals surface area contributed by atoms with Crippen LogP contribution in [-0.2, 0) is 75.8 Å². The Labute approximate surface area is 383 Å². The molecular weight excluding hydrogens is 841 g/mol. The van der Waals surface area contributed by atoms with Crippen molar-refractivity contribution in [2.24, 2.45) is 0 Å². The van der Waals surface area contributed by atoms with Gasteiger partial charge in [-0.15, -0.1) is 0 Å². The predicted octanol–water partition coefficient (Wildman–Crippen LogP) is 7.87. The molecule has 13 nitrogen and oxygen atoms in total. The molecule has 1 aliphatic heterocycles. The van der Waals surface area contributed by atoms with Crippen molar-refractivity contribution in [1.82, 2.24) is 10.6 Å². The Hall–Kier alpha value is -7.00. The third-order valence-corrected chi connectivity index (χ3v) is 10.6. The molecule has 0 radical (unpaired) electrons. The van der Waals surface area contributed by atoms with Crippen LogP contribution in [0, 0.1) is 0 Å². The number of ether oxygens (including phenoxy) is 7. The third-order valence-electron chi connectivity index (χ3n) is 10.6. The Morgan fingerprint density at radius 2 is 0.924 bits per heavy atom. The molecule has 2 amide bonds. The molecule has 66 heavy (non-hydrogen) atoms. The highest BCUT2D eigenvalue weighted by Crippen LogP contribution is 2.30. The number of nitrogens with one attached hydrogen (secondary N) is 2. The summed E-state index contributed by atoms with van der Waals surface area (Å²) in [5.41, 5.74) is 4.40. The molecule has 6 atom stereocenters. The highest BCUT2D eigenvalue weighted by atomic mass is 16.6. The number of benzene rings is 6. The van der Waals surface area contributed by atoms with E-state index in [-0.39, 0.29) is 45.2 Å². The number of hydrogen-bond donors (Lipinski definition) is 2. The van der Waals surface area contributed by atoms with Crippen LogP contribution < -0.4 is 10.6 Å². The first-order chi connectivity index (χ1) is 32.4. The lowest BCUT2D eigenvalue weighted by Crippen LogP contribution is -2.65. The summed E-state index contributed by atoms with van der Waals surface area (Å²) in [5.74, 6) is -2.61. The van der Waals surface area contributed by atoms with Gasteiger partial charge >= 0.3 is 18.0 Å². The number of alkyl carbamates (subject to hydrolysis) is 1. The summed E-state index contributed by atoms with van der Waals surface area (Å²) in [5, 5.41) is 5.29. The van der Waals surface area contributed by atoms with Crippen molar-refractivity contribution in [2.75, 3.05) is 6.61 Å². The van der Waals surface area contributed by atoms with E-state index in [2.05, 4.69) is 10.6 Å². The molecule has 13 heteroatoms. The van der Waals surface area contributed by atoms with Gasteiger partial charge in [0.15, 0.2) is 6.23 Å². The lowest BCUT2D eigenvalue weighted by molar-refractivity contribution is -0.277. The van der Waals surface area contributed by atoms with Crippen LogP contribution in [0.25, 0.3) is 0 Å². The molecule has 0 bridgehead atoms. The van der Waals surface area contributed by atoms with Gasteiger partial charge in [0.1, 0.15) is 37.1 Å². The Morgan fingerprint density at radius 3 is 1.42 bits per heavy atom. The average molecular weight is 893 g/mol. The SMILES string of the molecule is O=C(C[C@H](NC(=O)OC(=O)c1ccccc1)C(=O)OCc1ccccc1)N[C@@H]1O[C@H](COCc2ccccc2)[C@@H](OCc2ccccc2)[C@H](OCc2ccccc2)[C@H]1OCc1ccccc1. The van der Waals surface area contributed by atoms with Crippen LogP contribution >= 0.6 is 0 Å². The summed E-state index contributed by atoms with van der Waals surface area (Å²) in [6, 6.07) is 53.8. The Bertz CT molecular complexity index is 2400. The molecule has 340 valence electrons. The van der Waals surface area contributed by atoms with Crippen molar-refractivity contribution < 1.29 is 52.3 Å². The molecule has 6 aromatic carbocycles. The highest BCUT2D eigenvalue weighted by Gasteiger charge is 2.49. The van der Waals surface area contributed by atoms with Crippen LogP contribution in [0.15, 0.2) is 182 Å². The van der Waals surface area contributed by atoms with Crippen LogP contribution in [-0.4, -0.2) is 67.2 Å². The highest BCUT2D eigenvalue weighted by molar-refractivity contribution is 5.97. The van der Waals surface area contributed by atoms with Crippen molar-refractivity contribution in [3.8, 4) is 0 Å². The first kappa shape index (κ1) is 47.0. The monoisotopic (exact) mass is 892 g/mol. The quantitative estimate of drug-likeness (QED) is 0.0536. The molecule has 7 rings (SSSR count). The Kier molecular flexibility index (Phi) is 17.7. The fraction of sp³-hybridized carbons (Fsp3) is 0.245. The minimum absolute atomic E-state index is 0.0363. The number of carbonyl (C=O) groups is 4. The zero-order chi connectivity index (χ0) is 45.8. The van der Waals surface area contributed by atoms with Crippen molar-refractivity contribution in [2.45, 2.75) is 76.1 Å². The van der Waals surface area contributed by atoms with Gasteiger partial charge in [-0.25, -0.2) is 14.4 Å². The van der Waals surface area contributed by atoms with E-state index < -0.39 is 67.0 Å². The van der Waals surface area contributed by atoms with Gasteiger partial charge in [0.25, 0.3) is 0 Å². The standard InChI is InChI=1S/C53H52N2O11/c56-46(31-44(52(58)64-36-42-27-15-5-16-28-42)54-53(59)66-51(57)43-29-17-6-18-30-43)55-50-49(63-35-41-25-13-4-14-26-41)48(62-34-40-23-11-3-12-24-40)47(61-33-39-21-9-2-10-22-39)45(65-50)37-60-32-38-19-7-1-8-20-38/h1-30,44-45,47-50H,31-37H2,(H,54,59)(H,55,56)/t44-,45+,47+,48-,49+,50+/m0/s1. The lowest BCUT2D eigenvalue weighted by atomic mass is 9.96. The van der Waals surface area contributed by atoms with E-state index in [0.29, 0.717) is 5.56 Å². The third kappa shape index (κ3) is 14.5. The van der Waals surface area contributed by atoms with Gasteiger partial charge < -0.3 is 43.8 Å². The Balaban J connectivity index is 1.16. The number of amides is 2. The molecule has 0 saturated carbocycles. The summed E-state index contributed by atoms with van der Waals surface area (Å²) in [7, 11) is 0. The van der Waals surface area contributed by atoms with E-state index in [0.717, 1.165) is 22.3 Å². The molecule has 6 aromatic rings. The van der Waals surface area contributed by atoms with Gasteiger partial charge in [0, 0.05) is 0 Å². The zero-order valence-corrected chi connectivity index (χ0v) is 36.2. The van der Waals surface area contributed by atoms with E-state index in [1.165, 1.54) is 12.1 Å². The largest absolute Gasteiger partial charge is 0.459 e. The topological polar surface area (TPSA) is 157 Å². The normalized spacial score (nSPS) is 18.3. The summed E-state index contributed by atoms with van der Waals surface area (Å²) in [4.78, 5) is 53.9. The predicted molar refractivity (Wildman–Crippen MR) is 243 cm³/mol. The molecular formula is C53H52N2O11. The molecule has 1 heterocycles. The van der Waals surface area contributed by atoms with Gasteiger partial charge in [-0.3, -0.25) is 4.79 Å². The fourth-order valence-electron chi connectivity index (χ4n) is 7.22. The van der Waals surface area contributed by atoms with Gasteiger partial charge in [-0.05, 0) is 39.9 Å². The average Bonchev–Trinajstić information content (AvgIpc) is 3.36. The van der Waals surface area contributed by atoms with E-state index in [1.807, 2.05) is 127 Å². The smallest absolute Gasteiger partial charge is 0.415 e. The van der Waals surface area contributed by atoms with E-state index in [1.54, 1.807) is 42.5 Å². The first-order valence-electron chi connectivity index (χ1n) is 21.7. The molecule has 0 aliphatic carbocycles. The maximum Gasteiger partial charge on any atom is 0.415 e. The van der Waals surface area contributed by atoms with Gasteiger partial charge in [0.05, 0.1) is 45.0 Å². The zero-order valence-electron chi connectivity index (χ0n) is 36.2.